The van der Waals surface area contributed by atoms with Crippen molar-refractivity contribution in [1.29, 1.82) is 0 Å². The van der Waals surface area contributed by atoms with E-state index in [1.807, 2.05) is 19.9 Å². The van der Waals surface area contributed by atoms with E-state index in [2.05, 4.69) is 38.0 Å². The minimum atomic E-state index is -1.15. The zero-order valence-corrected chi connectivity index (χ0v) is 33.3. The number of nitrogens with one attached hydrogen (secondary N) is 1. The summed E-state index contributed by atoms with van der Waals surface area (Å²) in [4.78, 5) is 45.3. The van der Waals surface area contributed by atoms with Crippen LogP contribution in [0.4, 0.5) is 9.18 Å². The molecule has 1 aliphatic carbocycles. The van der Waals surface area contributed by atoms with E-state index in [9.17, 15) is 14.4 Å². The van der Waals surface area contributed by atoms with Gasteiger partial charge in [0.05, 0.1) is 24.5 Å². The first-order chi connectivity index (χ1) is 24.0. The number of hydrogen-bond acceptors (Lipinski definition) is 9. The minimum absolute atomic E-state index is 0.00931. The highest BCUT2D eigenvalue weighted by Gasteiger charge is 2.62. The number of esters is 1. The fourth-order valence-electron chi connectivity index (χ4n) is 7.80. The van der Waals surface area contributed by atoms with Crippen molar-refractivity contribution in [2.75, 3.05) is 7.11 Å². The third-order valence-corrected chi connectivity index (χ3v) is 10.7. The number of hydrogen-bond donors (Lipinski definition) is 1. The first kappa shape index (κ1) is 41.3. The molecule has 1 aromatic heterocycles. The fraction of sp³-hybridized carbons (Fsp3) is 0.650. The number of ether oxygens (including phenoxy) is 3. The van der Waals surface area contributed by atoms with E-state index in [0.29, 0.717) is 17.2 Å². The highest BCUT2D eigenvalue weighted by atomic mass is 19.1. The Hall–Kier alpha value is -3.51. The van der Waals surface area contributed by atoms with Gasteiger partial charge in [0.1, 0.15) is 34.4 Å². The Morgan fingerprint density at radius 1 is 1.06 bits per heavy atom. The van der Waals surface area contributed by atoms with E-state index in [4.69, 9.17) is 23.5 Å². The fourth-order valence-corrected chi connectivity index (χ4v) is 7.80. The zero-order chi connectivity index (χ0) is 39.0. The molecular formula is C40H58BFN2O8. The van der Waals surface area contributed by atoms with E-state index < -0.39 is 53.7 Å². The molecule has 1 amide bonds. The van der Waals surface area contributed by atoms with Crippen molar-refractivity contribution >= 4 is 25.0 Å². The summed E-state index contributed by atoms with van der Waals surface area (Å²) in [5, 5.41) is 2.74. The number of ketones is 1. The second-order valence-corrected chi connectivity index (χ2v) is 17.3. The molecule has 1 saturated heterocycles. The van der Waals surface area contributed by atoms with Gasteiger partial charge in [-0.25, -0.2) is 14.0 Å². The lowest BCUT2D eigenvalue weighted by Gasteiger charge is -2.59. The molecule has 2 aromatic rings. The highest BCUT2D eigenvalue weighted by molar-refractivity contribution is 6.48. The van der Waals surface area contributed by atoms with Gasteiger partial charge >= 0.3 is 19.2 Å². The predicted octanol–water partition coefficient (Wildman–Crippen LogP) is 8.39. The number of pyridine rings is 1. The molecule has 1 aliphatic heterocycles. The van der Waals surface area contributed by atoms with Crippen LogP contribution in [0.15, 0.2) is 30.5 Å². The molecule has 52 heavy (non-hydrogen) atoms. The van der Waals surface area contributed by atoms with Gasteiger partial charge in [0.2, 0.25) is 0 Å². The molecule has 12 heteroatoms. The molecule has 2 heterocycles. The monoisotopic (exact) mass is 724 g/mol. The number of aryl methyl sites for hydroxylation is 1. The number of alkyl carbamates (subject to hydrolysis) is 1. The second kappa shape index (κ2) is 15.5. The Labute approximate surface area is 309 Å². The Kier molecular flexibility index (Phi) is 12.3. The normalized spacial score (nSPS) is 24.0. The Morgan fingerprint density at radius 3 is 2.25 bits per heavy atom. The molecule has 4 rings (SSSR count). The van der Waals surface area contributed by atoms with Gasteiger partial charge in [0, 0.05) is 18.4 Å². The van der Waals surface area contributed by atoms with Gasteiger partial charge in [-0.15, -0.1) is 0 Å². The summed E-state index contributed by atoms with van der Waals surface area (Å²) >= 11 is 0. The van der Waals surface area contributed by atoms with Crippen molar-refractivity contribution in [1.82, 2.24) is 10.3 Å². The number of methoxy groups -OCH3 is 1. The average molecular weight is 725 g/mol. The molecule has 2 unspecified atom stereocenters. The topological polar surface area (TPSA) is 122 Å². The first-order valence-electron chi connectivity index (χ1n) is 18.4. The van der Waals surface area contributed by atoms with Crippen molar-refractivity contribution in [3.05, 3.63) is 58.7 Å². The van der Waals surface area contributed by atoms with Crippen molar-refractivity contribution in [2.45, 2.75) is 144 Å². The summed E-state index contributed by atoms with van der Waals surface area (Å²) in [6.45, 7) is 23.0. The van der Waals surface area contributed by atoms with E-state index in [-0.39, 0.29) is 47.4 Å². The predicted molar refractivity (Wildman–Crippen MR) is 198 cm³/mol. The van der Waals surface area contributed by atoms with Crippen LogP contribution in [-0.2, 0) is 30.0 Å². The number of carbonyl (C=O) groups excluding carboxylic acids is 3. The van der Waals surface area contributed by atoms with E-state index >= 15 is 4.39 Å². The van der Waals surface area contributed by atoms with Crippen molar-refractivity contribution in [2.24, 2.45) is 17.3 Å². The number of Topliss-reactive ketones (excluding diaryl/α,β-unsaturated/α-hetero) is 1. The molecule has 0 spiro atoms. The van der Waals surface area contributed by atoms with Crippen molar-refractivity contribution in [3.8, 4) is 5.75 Å². The first-order valence-corrected chi connectivity index (χ1v) is 18.4. The average Bonchev–Trinajstić information content (AvgIpc) is 3.32. The van der Waals surface area contributed by atoms with Crippen LogP contribution in [0.2, 0.25) is 5.82 Å². The molecule has 10 nitrogen and oxygen atoms in total. The third kappa shape index (κ3) is 9.16. The SMILES string of the molecule is CC[C@@H]1C[C@H]([C@]2(C)OB([C@@H](CC(=O)C(NC(=O)OC(C)(C)C)c3ccc(C)cn3)Cc3ccc(F)c(C(=O)OC(C)(C)C)c3OC)OC2C)C1(C)C. The quantitative estimate of drug-likeness (QED) is 0.170. The van der Waals surface area contributed by atoms with Crippen LogP contribution >= 0.6 is 0 Å². The summed E-state index contributed by atoms with van der Waals surface area (Å²) in [6, 6.07) is 5.11. The molecule has 0 radical (unpaired) electrons. The largest absolute Gasteiger partial charge is 0.495 e. The molecule has 1 aromatic carbocycles. The molecular weight excluding hydrogens is 666 g/mol. The lowest BCUT2D eigenvalue weighted by atomic mass is 9.49. The summed E-state index contributed by atoms with van der Waals surface area (Å²) in [5.74, 6) is -1.89. The molecule has 286 valence electrons. The molecule has 1 saturated carbocycles. The number of aromatic nitrogens is 1. The van der Waals surface area contributed by atoms with Gasteiger partial charge in [-0.05, 0) is 116 Å². The molecule has 6 atom stereocenters. The Morgan fingerprint density at radius 2 is 1.71 bits per heavy atom. The standard InChI is InChI=1S/C40H58BFN2O8/c1-14-26-20-31(39(26,10)11)40(12)24(3)51-41(52-40)27(19-25-16-17-28(42)32(34(25)48-13)35(46)49-37(4,5)6)21-30(45)33(29-18-15-23(2)22-43-29)44-36(47)50-38(7,8)9/h15-18,22,24,26-27,31,33H,14,19-21H2,1-13H3,(H,44,47)/t24?,26-,27-,31+,33?,40-/m1/s1. The lowest BCUT2D eigenvalue weighted by Crippen LogP contribution is -2.59. The number of halogens is 1. The van der Waals surface area contributed by atoms with Gasteiger partial charge in [-0.1, -0.05) is 39.3 Å². The smallest absolute Gasteiger partial charge is 0.461 e. The van der Waals surface area contributed by atoms with Gasteiger partial charge in [-0.3, -0.25) is 9.78 Å². The highest BCUT2D eigenvalue weighted by Crippen LogP contribution is 2.60. The van der Waals surface area contributed by atoms with Gasteiger partial charge in [0.15, 0.2) is 5.78 Å². The summed E-state index contributed by atoms with van der Waals surface area (Å²) in [5.41, 5.74) is -0.939. The Bertz CT molecular complexity index is 1620. The van der Waals surface area contributed by atoms with Crippen LogP contribution in [0.25, 0.3) is 0 Å². The van der Waals surface area contributed by atoms with E-state index in [0.717, 1.165) is 18.4 Å². The zero-order valence-electron chi connectivity index (χ0n) is 33.3. The second-order valence-electron chi connectivity index (χ2n) is 17.3. The van der Waals surface area contributed by atoms with E-state index in [1.54, 1.807) is 53.8 Å². The van der Waals surface area contributed by atoms with Crippen molar-refractivity contribution < 1.29 is 42.3 Å². The van der Waals surface area contributed by atoms with E-state index in [1.165, 1.54) is 19.2 Å². The Balaban J connectivity index is 1.75. The van der Waals surface area contributed by atoms with Crippen molar-refractivity contribution in [3.63, 3.8) is 0 Å². The van der Waals surface area contributed by atoms with Gasteiger partial charge in [0.25, 0.3) is 0 Å². The maximum Gasteiger partial charge on any atom is 0.461 e. The van der Waals surface area contributed by atoms with Crippen LogP contribution in [-0.4, -0.2) is 60.0 Å². The van der Waals surface area contributed by atoms with Crippen LogP contribution < -0.4 is 10.1 Å². The summed E-state index contributed by atoms with van der Waals surface area (Å²) in [6.07, 6.45) is 2.61. The van der Waals surface area contributed by atoms with Gasteiger partial charge in [-0.2, -0.15) is 0 Å². The number of carbonyl (C=O) groups is 3. The number of nitrogens with zero attached hydrogens (tertiary/aromatic N) is 1. The van der Waals surface area contributed by atoms with Crippen LogP contribution in [0.5, 0.6) is 5.75 Å². The number of amides is 1. The summed E-state index contributed by atoms with van der Waals surface area (Å²) in [7, 11) is 0.508. The number of benzene rings is 1. The molecule has 2 fully saturated rings. The molecule has 2 aliphatic rings. The molecule has 1 N–H and O–H groups in total. The molecule has 0 bridgehead atoms. The van der Waals surface area contributed by atoms with Gasteiger partial charge < -0.3 is 28.8 Å². The number of rotatable bonds is 12. The van der Waals surface area contributed by atoms with Crippen LogP contribution in [0.3, 0.4) is 0 Å². The minimum Gasteiger partial charge on any atom is -0.495 e. The maximum absolute atomic E-state index is 15.3. The maximum atomic E-state index is 15.3. The summed E-state index contributed by atoms with van der Waals surface area (Å²) < 4.78 is 45.6. The van der Waals surface area contributed by atoms with Crippen LogP contribution in [0.1, 0.15) is 129 Å². The third-order valence-electron chi connectivity index (χ3n) is 10.7. The van der Waals surface area contributed by atoms with Crippen LogP contribution in [0, 0.1) is 30.0 Å². The lowest BCUT2D eigenvalue weighted by molar-refractivity contribution is -0.144.